The predicted octanol–water partition coefficient (Wildman–Crippen LogP) is 3.54. The fourth-order valence-corrected chi connectivity index (χ4v) is 4.42. The van der Waals surface area contributed by atoms with E-state index in [0.717, 1.165) is 16.7 Å². The Kier molecular flexibility index (Phi) is 2.03. The second-order valence-corrected chi connectivity index (χ2v) is 6.67. The number of rotatable bonds is 0. The van der Waals surface area contributed by atoms with Crippen LogP contribution < -0.4 is 0 Å². The van der Waals surface area contributed by atoms with Crippen LogP contribution >= 0.6 is 0 Å². The third-order valence-corrected chi connectivity index (χ3v) is 5.47. The maximum absolute atomic E-state index is 10.6. The molecule has 0 aromatic heterocycles. The molecule has 1 aliphatic heterocycles. The average Bonchev–Trinajstić information content (AvgIpc) is 3.37. The number of hydrogen-bond acceptors (Lipinski definition) is 3. The van der Waals surface area contributed by atoms with Crippen molar-refractivity contribution in [3.63, 3.8) is 0 Å². The smallest absolute Gasteiger partial charge is 0.115 e. The molecule has 3 aliphatic rings. The monoisotopic (exact) mass is 302 g/mol. The van der Waals surface area contributed by atoms with E-state index >= 15 is 0 Å². The summed E-state index contributed by atoms with van der Waals surface area (Å²) in [6.45, 7) is 0. The summed E-state index contributed by atoms with van der Waals surface area (Å²) in [5.41, 5.74) is 4.13. The Labute approximate surface area is 132 Å². The van der Waals surface area contributed by atoms with Gasteiger partial charge in [0.1, 0.15) is 24.4 Å². The zero-order valence-electron chi connectivity index (χ0n) is 12.2. The second kappa shape index (κ2) is 3.82. The Morgan fingerprint density at radius 2 is 1.74 bits per heavy atom. The van der Waals surface area contributed by atoms with Gasteiger partial charge in [0.2, 0.25) is 0 Å². The van der Waals surface area contributed by atoms with E-state index in [1.54, 1.807) is 6.08 Å². The highest BCUT2D eigenvalue weighted by molar-refractivity contribution is 6.13. The number of epoxide rings is 1. The molecular formula is C20H14O3. The molecule has 6 rings (SSSR count). The fourth-order valence-electron chi connectivity index (χ4n) is 4.42. The van der Waals surface area contributed by atoms with Gasteiger partial charge in [-0.05, 0) is 49.9 Å². The predicted molar refractivity (Wildman–Crippen MR) is 88.0 cm³/mol. The number of aliphatic hydroxyl groups is 2. The molecule has 4 atom stereocenters. The van der Waals surface area contributed by atoms with Crippen LogP contribution in [0.5, 0.6) is 0 Å². The van der Waals surface area contributed by atoms with Gasteiger partial charge in [0.25, 0.3) is 0 Å². The second-order valence-electron chi connectivity index (χ2n) is 6.67. The highest BCUT2D eigenvalue weighted by Gasteiger charge is 2.49. The molecule has 112 valence electrons. The molecule has 0 unspecified atom stereocenters. The van der Waals surface area contributed by atoms with Crippen molar-refractivity contribution >= 4 is 27.6 Å². The van der Waals surface area contributed by atoms with E-state index in [1.165, 1.54) is 27.1 Å². The highest BCUT2D eigenvalue weighted by atomic mass is 16.6. The molecule has 0 amide bonds. The number of fused-ring (bicyclic) bond motifs is 5. The SMILES string of the molecule is O[C@H]1C=Cc2cc3ccc4cccc5c4c3c(c2[C@@H]1O)[C@@H]1O[C@H]51. The topological polar surface area (TPSA) is 53.0 Å². The Bertz CT molecular complexity index is 1050. The lowest BCUT2D eigenvalue weighted by atomic mass is 9.79. The molecule has 2 aliphatic carbocycles. The molecule has 3 aromatic carbocycles. The van der Waals surface area contributed by atoms with E-state index in [1.807, 2.05) is 6.08 Å². The van der Waals surface area contributed by atoms with Crippen LogP contribution in [0.25, 0.3) is 27.6 Å². The summed E-state index contributed by atoms with van der Waals surface area (Å²) < 4.78 is 5.97. The van der Waals surface area contributed by atoms with Gasteiger partial charge in [-0.15, -0.1) is 0 Å². The van der Waals surface area contributed by atoms with Crippen LogP contribution in [-0.2, 0) is 4.74 Å². The van der Waals surface area contributed by atoms with Crippen LogP contribution in [-0.4, -0.2) is 16.3 Å². The van der Waals surface area contributed by atoms with Gasteiger partial charge in [0, 0.05) is 0 Å². The van der Waals surface area contributed by atoms with E-state index in [9.17, 15) is 10.2 Å². The summed E-state index contributed by atoms with van der Waals surface area (Å²) in [6.07, 6.45) is 1.90. The van der Waals surface area contributed by atoms with Gasteiger partial charge in [0.05, 0.1) is 0 Å². The minimum absolute atomic E-state index is 0.00120. The van der Waals surface area contributed by atoms with E-state index in [0.29, 0.717) is 0 Å². The molecule has 1 saturated heterocycles. The standard InChI is InChI=1S/C20H14O3/c21-13-7-6-11-8-10-5-4-9-2-1-3-12-14(9)15(10)17(16(11)18(13)22)20-19(12)23-20/h1-8,13,18-22H/t13-,18+,19+,20-/m0/s1. The van der Waals surface area contributed by atoms with E-state index in [-0.39, 0.29) is 12.2 Å². The van der Waals surface area contributed by atoms with Gasteiger partial charge in [-0.2, -0.15) is 0 Å². The first kappa shape index (κ1) is 12.3. The van der Waals surface area contributed by atoms with Gasteiger partial charge in [0.15, 0.2) is 0 Å². The van der Waals surface area contributed by atoms with Crippen molar-refractivity contribution < 1.29 is 14.9 Å². The first-order valence-corrected chi connectivity index (χ1v) is 7.96. The van der Waals surface area contributed by atoms with Gasteiger partial charge in [-0.1, -0.05) is 42.5 Å². The molecular weight excluding hydrogens is 288 g/mol. The van der Waals surface area contributed by atoms with Crippen LogP contribution in [0.4, 0.5) is 0 Å². The van der Waals surface area contributed by atoms with Crippen LogP contribution in [0.1, 0.15) is 40.6 Å². The van der Waals surface area contributed by atoms with Crippen molar-refractivity contribution in [2.24, 2.45) is 0 Å². The summed E-state index contributed by atoms with van der Waals surface area (Å²) in [5.74, 6) is 0. The first-order chi connectivity index (χ1) is 11.2. The van der Waals surface area contributed by atoms with Gasteiger partial charge < -0.3 is 14.9 Å². The summed E-state index contributed by atoms with van der Waals surface area (Å²) in [6, 6.07) is 12.7. The molecule has 3 nitrogen and oxygen atoms in total. The largest absolute Gasteiger partial charge is 0.386 e. The van der Waals surface area contributed by atoms with Gasteiger partial charge in [-0.25, -0.2) is 0 Å². The third kappa shape index (κ3) is 1.36. The Hall–Kier alpha value is -2.20. The minimum Gasteiger partial charge on any atom is -0.386 e. The molecule has 23 heavy (non-hydrogen) atoms. The van der Waals surface area contributed by atoms with Crippen LogP contribution in [0.2, 0.25) is 0 Å². The van der Waals surface area contributed by atoms with Crippen LogP contribution in [0.3, 0.4) is 0 Å². The number of hydrogen-bond donors (Lipinski definition) is 2. The summed E-state index contributed by atoms with van der Waals surface area (Å²) in [5, 5.41) is 25.4. The van der Waals surface area contributed by atoms with Crippen LogP contribution in [0, 0.1) is 0 Å². The number of ether oxygens (including phenoxy) is 1. The molecule has 0 radical (unpaired) electrons. The van der Waals surface area contributed by atoms with E-state index in [2.05, 4.69) is 36.4 Å². The molecule has 1 heterocycles. The molecule has 3 heteroatoms. The zero-order chi connectivity index (χ0) is 15.3. The lowest BCUT2D eigenvalue weighted by Crippen LogP contribution is -2.21. The maximum Gasteiger partial charge on any atom is 0.115 e. The number of benzene rings is 3. The van der Waals surface area contributed by atoms with Crippen molar-refractivity contribution in [1.82, 2.24) is 0 Å². The Morgan fingerprint density at radius 1 is 0.870 bits per heavy atom. The molecule has 2 N–H and O–H groups in total. The van der Waals surface area contributed by atoms with Crippen molar-refractivity contribution in [3.8, 4) is 0 Å². The van der Waals surface area contributed by atoms with E-state index < -0.39 is 12.2 Å². The molecule has 0 saturated carbocycles. The maximum atomic E-state index is 10.6. The summed E-state index contributed by atoms with van der Waals surface area (Å²) in [7, 11) is 0. The summed E-state index contributed by atoms with van der Waals surface area (Å²) >= 11 is 0. The fraction of sp³-hybridized carbons (Fsp3) is 0.200. The number of aliphatic hydroxyl groups excluding tert-OH is 2. The lowest BCUT2D eigenvalue weighted by molar-refractivity contribution is 0.0462. The molecule has 0 spiro atoms. The van der Waals surface area contributed by atoms with Crippen molar-refractivity contribution in [2.75, 3.05) is 0 Å². The van der Waals surface area contributed by atoms with Gasteiger partial charge >= 0.3 is 0 Å². The molecule has 1 fully saturated rings. The zero-order valence-corrected chi connectivity index (χ0v) is 12.2. The molecule has 3 aromatic rings. The van der Waals surface area contributed by atoms with E-state index in [4.69, 9.17) is 4.74 Å². The quantitative estimate of drug-likeness (QED) is 0.493. The molecule has 0 bridgehead atoms. The Morgan fingerprint density at radius 3 is 2.65 bits per heavy atom. The van der Waals surface area contributed by atoms with Crippen molar-refractivity contribution in [2.45, 2.75) is 24.4 Å². The highest BCUT2D eigenvalue weighted by Crippen LogP contribution is 2.61. The minimum atomic E-state index is -0.889. The van der Waals surface area contributed by atoms with Crippen molar-refractivity contribution in [1.29, 1.82) is 0 Å². The summed E-state index contributed by atoms with van der Waals surface area (Å²) in [4.78, 5) is 0. The lowest BCUT2D eigenvalue weighted by Gasteiger charge is -2.27. The van der Waals surface area contributed by atoms with Crippen molar-refractivity contribution in [3.05, 3.63) is 64.7 Å². The van der Waals surface area contributed by atoms with Crippen LogP contribution in [0.15, 0.2) is 42.5 Å². The normalized spacial score (nSPS) is 29.8. The Balaban J connectivity index is 1.88. The third-order valence-electron chi connectivity index (χ3n) is 5.47. The van der Waals surface area contributed by atoms with Gasteiger partial charge in [-0.3, -0.25) is 0 Å². The average molecular weight is 302 g/mol. The first-order valence-electron chi connectivity index (χ1n) is 7.96.